The molecule has 31 heavy (non-hydrogen) atoms. The highest BCUT2D eigenvalue weighted by atomic mass is 32.2. The monoisotopic (exact) mass is 458 g/mol. The summed E-state index contributed by atoms with van der Waals surface area (Å²) in [4.78, 5) is 35.5. The maximum atomic E-state index is 13.5. The van der Waals surface area contributed by atoms with Crippen LogP contribution in [0.25, 0.3) is 11.7 Å². The van der Waals surface area contributed by atoms with Gasteiger partial charge in [-0.1, -0.05) is 30.0 Å². The van der Waals surface area contributed by atoms with Crippen molar-refractivity contribution in [1.29, 1.82) is 0 Å². The second-order valence-electron chi connectivity index (χ2n) is 7.82. The summed E-state index contributed by atoms with van der Waals surface area (Å²) in [6, 6.07) is 3.82. The van der Waals surface area contributed by atoms with Gasteiger partial charge in [-0.05, 0) is 50.3 Å². The molecule has 0 unspecified atom stereocenters. The van der Waals surface area contributed by atoms with Crippen LogP contribution < -0.4 is 10.5 Å². The maximum absolute atomic E-state index is 13.5. The number of amides is 1. The van der Waals surface area contributed by atoms with Gasteiger partial charge in [-0.3, -0.25) is 18.9 Å². The van der Waals surface area contributed by atoms with Crippen LogP contribution in [0.1, 0.15) is 36.8 Å². The number of hydrogen-bond donors (Lipinski definition) is 0. The number of hydrogen-bond acceptors (Lipinski definition) is 7. The Morgan fingerprint density at radius 3 is 2.74 bits per heavy atom. The lowest BCUT2D eigenvalue weighted by Crippen LogP contribution is -2.33. The van der Waals surface area contributed by atoms with Crippen LogP contribution in [-0.2, 0) is 9.53 Å². The van der Waals surface area contributed by atoms with Crippen LogP contribution in [0.15, 0.2) is 28.0 Å². The second kappa shape index (κ2) is 9.50. The van der Waals surface area contributed by atoms with Gasteiger partial charge in [-0.15, -0.1) is 0 Å². The highest BCUT2D eigenvalue weighted by Crippen LogP contribution is 2.34. The Morgan fingerprint density at radius 2 is 2.00 bits per heavy atom. The van der Waals surface area contributed by atoms with Crippen LogP contribution in [0.5, 0.6) is 0 Å². The van der Waals surface area contributed by atoms with E-state index in [4.69, 9.17) is 21.9 Å². The minimum absolute atomic E-state index is 0.163. The van der Waals surface area contributed by atoms with Gasteiger partial charge < -0.3 is 9.64 Å². The summed E-state index contributed by atoms with van der Waals surface area (Å²) >= 11 is 6.66. The number of carbonyl (C=O) groups is 1. The quantitative estimate of drug-likeness (QED) is 0.374. The van der Waals surface area contributed by atoms with Gasteiger partial charge in [0, 0.05) is 39.5 Å². The number of rotatable bonds is 6. The van der Waals surface area contributed by atoms with Crippen LogP contribution in [-0.4, -0.2) is 57.9 Å². The smallest absolute Gasteiger partial charge is 0.267 e. The van der Waals surface area contributed by atoms with Crippen molar-refractivity contribution in [2.75, 3.05) is 38.3 Å². The van der Waals surface area contributed by atoms with Crippen molar-refractivity contribution >= 4 is 51.7 Å². The molecule has 0 saturated carbocycles. The van der Waals surface area contributed by atoms with E-state index in [0.29, 0.717) is 45.8 Å². The summed E-state index contributed by atoms with van der Waals surface area (Å²) in [5, 5.41) is 0. The fraction of sp³-hybridized carbons (Fsp3) is 0.455. The molecular weight excluding hydrogens is 432 g/mol. The predicted octanol–water partition coefficient (Wildman–Crippen LogP) is 3.23. The third-order valence-corrected chi connectivity index (χ3v) is 6.90. The first-order chi connectivity index (χ1) is 15.0. The van der Waals surface area contributed by atoms with Gasteiger partial charge in [-0.2, -0.15) is 0 Å². The number of anilines is 1. The molecule has 164 valence electrons. The lowest BCUT2D eigenvalue weighted by molar-refractivity contribution is -0.122. The van der Waals surface area contributed by atoms with Gasteiger partial charge in [0.15, 0.2) is 0 Å². The van der Waals surface area contributed by atoms with E-state index >= 15 is 0 Å². The van der Waals surface area contributed by atoms with Gasteiger partial charge in [0.05, 0.1) is 10.5 Å². The number of pyridine rings is 1. The van der Waals surface area contributed by atoms with Gasteiger partial charge in [-0.25, -0.2) is 4.98 Å². The Labute approximate surface area is 191 Å². The van der Waals surface area contributed by atoms with Crippen LogP contribution in [0.2, 0.25) is 0 Å². The van der Waals surface area contributed by atoms with Crippen molar-refractivity contribution in [3.63, 3.8) is 0 Å². The fourth-order valence-corrected chi connectivity index (χ4v) is 5.20. The molecule has 2 aromatic rings. The Balaban J connectivity index is 1.78. The van der Waals surface area contributed by atoms with E-state index < -0.39 is 0 Å². The summed E-state index contributed by atoms with van der Waals surface area (Å²) in [5.74, 6) is 0.489. The minimum atomic E-state index is -0.168. The first kappa shape index (κ1) is 22.0. The molecule has 2 aliphatic heterocycles. The van der Waals surface area contributed by atoms with Crippen molar-refractivity contribution < 1.29 is 9.53 Å². The largest absolute Gasteiger partial charge is 0.385 e. The zero-order valence-electron chi connectivity index (χ0n) is 17.8. The van der Waals surface area contributed by atoms with E-state index in [9.17, 15) is 9.59 Å². The van der Waals surface area contributed by atoms with Gasteiger partial charge >= 0.3 is 0 Å². The summed E-state index contributed by atoms with van der Waals surface area (Å²) in [5.41, 5.74) is 1.86. The maximum Gasteiger partial charge on any atom is 0.267 e. The number of aryl methyl sites for hydroxylation is 1. The molecule has 0 N–H and O–H groups in total. The van der Waals surface area contributed by atoms with E-state index in [1.165, 1.54) is 18.2 Å². The first-order valence-electron chi connectivity index (χ1n) is 10.5. The molecule has 2 saturated heterocycles. The van der Waals surface area contributed by atoms with Crippen molar-refractivity contribution in [2.24, 2.45) is 0 Å². The molecular formula is C22H26N4O3S2. The average Bonchev–Trinajstić information content (AvgIpc) is 3.04. The van der Waals surface area contributed by atoms with Crippen molar-refractivity contribution in [3.05, 3.63) is 44.7 Å². The lowest BCUT2D eigenvalue weighted by Gasteiger charge is -2.29. The molecule has 0 spiro atoms. The van der Waals surface area contributed by atoms with Crippen LogP contribution in [0.3, 0.4) is 0 Å². The number of aromatic nitrogens is 2. The van der Waals surface area contributed by atoms with E-state index in [2.05, 4.69) is 4.90 Å². The normalized spacial score (nSPS) is 18.6. The average molecular weight is 459 g/mol. The second-order valence-corrected chi connectivity index (χ2v) is 9.49. The van der Waals surface area contributed by atoms with Gasteiger partial charge in [0.2, 0.25) is 0 Å². The molecule has 4 heterocycles. The highest BCUT2D eigenvalue weighted by molar-refractivity contribution is 8.26. The summed E-state index contributed by atoms with van der Waals surface area (Å²) in [7, 11) is 1.63. The fourth-order valence-electron chi connectivity index (χ4n) is 3.91. The lowest BCUT2D eigenvalue weighted by atomic mass is 10.1. The Hall–Kier alpha value is -2.23. The van der Waals surface area contributed by atoms with Crippen molar-refractivity contribution in [2.45, 2.75) is 32.6 Å². The molecule has 2 aliphatic rings. The molecule has 0 aliphatic carbocycles. The molecule has 0 bridgehead atoms. The molecule has 4 rings (SSSR count). The molecule has 2 aromatic heterocycles. The van der Waals surface area contributed by atoms with E-state index in [0.717, 1.165) is 31.5 Å². The third kappa shape index (κ3) is 4.53. The summed E-state index contributed by atoms with van der Waals surface area (Å²) in [6.07, 6.45) is 7.49. The number of thioether (sulfide) groups is 1. The van der Waals surface area contributed by atoms with Crippen LogP contribution >= 0.6 is 24.0 Å². The minimum Gasteiger partial charge on any atom is -0.385 e. The third-order valence-electron chi connectivity index (χ3n) is 5.52. The zero-order valence-corrected chi connectivity index (χ0v) is 19.4. The number of ether oxygens (including phenoxy) is 1. The zero-order chi connectivity index (χ0) is 22.0. The molecule has 0 aromatic carbocycles. The van der Waals surface area contributed by atoms with E-state index in [-0.39, 0.29) is 11.5 Å². The van der Waals surface area contributed by atoms with E-state index in [1.54, 1.807) is 28.7 Å². The van der Waals surface area contributed by atoms with Gasteiger partial charge in [0.1, 0.15) is 15.8 Å². The molecule has 7 nitrogen and oxygen atoms in total. The Morgan fingerprint density at radius 1 is 1.23 bits per heavy atom. The molecule has 1 amide bonds. The Bertz CT molecular complexity index is 1110. The van der Waals surface area contributed by atoms with Crippen molar-refractivity contribution in [1.82, 2.24) is 14.3 Å². The number of methoxy groups -OCH3 is 1. The number of thiocarbonyl (C=S) groups is 1. The molecule has 9 heteroatoms. The number of carbonyl (C=O) groups excluding carboxylic acids is 1. The topological polar surface area (TPSA) is 67.2 Å². The first-order valence-corrected chi connectivity index (χ1v) is 11.7. The molecule has 0 radical (unpaired) electrons. The highest BCUT2D eigenvalue weighted by Gasteiger charge is 2.32. The van der Waals surface area contributed by atoms with Gasteiger partial charge in [0.25, 0.3) is 11.5 Å². The number of nitrogens with zero attached hydrogens (tertiary/aromatic N) is 4. The summed E-state index contributed by atoms with van der Waals surface area (Å²) < 4.78 is 7.16. The molecule has 0 atom stereocenters. The summed E-state index contributed by atoms with van der Waals surface area (Å²) in [6.45, 7) is 4.71. The van der Waals surface area contributed by atoms with Crippen LogP contribution in [0.4, 0.5) is 5.82 Å². The van der Waals surface area contributed by atoms with Crippen molar-refractivity contribution in [3.8, 4) is 0 Å². The van der Waals surface area contributed by atoms with Crippen LogP contribution in [0, 0.1) is 6.92 Å². The predicted molar refractivity (Wildman–Crippen MR) is 129 cm³/mol. The number of piperidine rings is 1. The Kier molecular flexibility index (Phi) is 6.74. The molecule has 2 fully saturated rings. The number of fused-ring (bicyclic) bond motifs is 1. The standard InChI is InChI=1S/C22H26N4O3S2/c1-15-7-8-18-23-19(24-9-4-3-5-10-24)16(20(27)26(18)14-15)13-17-21(28)25(22(30)31-17)11-6-12-29-2/h7-8,13-14H,3-6,9-12H2,1-2H3/b17-13-. The van der Waals surface area contributed by atoms with E-state index in [1.807, 2.05) is 19.1 Å². The SMILES string of the molecule is COCCCN1C(=O)/C(=C/c2c(N3CCCCC3)nc3ccc(C)cn3c2=O)SC1=S.